The van der Waals surface area contributed by atoms with E-state index < -0.39 is 0 Å². The standard InChI is InChI=1S/CH2S2.CH4/c1-2-3-1;/h1H2;1H4. The van der Waals surface area contributed by atoms with Crippen LogP contribution in [0.5, 0.6) is 0 Å². The molecule has 0 amide bonds. The summed E-state index contributed by atoms with van der Waals surface area (Å²) < 4.78 is 0. The number of hydrogen-bond acceptors (Lipinski definition) is 2. The van der Waals surface area contributed by atoms with Crippen LogP contribution in [0.3, 0.4) is 0 Å². The normalized spacial score (nSPS) is 18.0. The summed E-state index contributed by atoms with van der Waals surface area (Å²) in [5, 5.41) is 1.33. The second-order valence-corrected chi connectivity index (χ2v) is 3.18. The predicted octanol–water partition coefficient (Wildman–Crippen LogP) is 1.98. The Bertz CT molecular complexity index is 8.75. The van der Waals surface area contributed by atoms with E-state index in [2.05, 4.69) is 0 Å². The summed E-state index contributed by atoms with van der Waals surface area (Å²) in [6.07, 6.45) is 0. The summed E-state index contributed by atoms with van der Waals surface area (Å²) in [5.74, 6) is 0. The molecule has 2 heteroatoms. The Hall–Kier alpha value is 0.700. The van der Waals surface area contributed by atoms with Gasteiger partial charge in [-0.1, -0.05) is 29.0 Å². The van der Waals surface area contributed by atoms with E-state index in [9.17, 15) is 0 Å². The van der Waals surface area contributed by atoms with Crippen LogP contribution in [0.15, 0.2) is 0 Å². The molecule has 26 valence electrons. The lowest BCUT2D eigenvalue weighted by Gasteiger charge is -1.08. The third kappa shape index (κ3) is 2.70. The average Bonchev–Trinajstić information content (AvgIpc) is 1.46. The maximum Gasteiger partial charge on any atom is 0.0600 e. The Balaban J connectivity index is 0.0000000900. The summed E-state index contributed by atoms with van der Waals surface area (Å²) in [5.41, 5.74) is 0. The lowest BCUT2D eigenvalue weighted by molar-refractivity contribution is 2.43. The van der Waals surface area contributed by atoms with E-state index in [1.807, 2.05) is 21.6 Å². The Morgan fingerprint density at radius 1 is 1.25 bits per heavy atom. The smallest absolute Gasteiger partial charge is 0.0600 e. The third-order valence-electron chi connectivity index (χ3n) is 0.118. The van der Waals surface area contributed by atoms with Crippen molar-refractivity contribution in [2.45, 2.75) is 7.43 Å². The molecule has 0 spiro atoms. The van der Waals surface area contributed by atoms with Crippen LogP contribution in [-0.2, 0) is 0 Å². The van der Waals surface area contributed by atoms with Crippen LogP contribution in [0, 0.1) is 0 Å². The fraction of sp³-hybridized carbons (Fsp3) is 1.00. The van der Waals surface area contributed by atoms with Crippen molar-refractivity contribution in [3.8, 4) is 0 Å². The Labute approximate surface area is 34.8 Å². The van der Waals surface area contributed by atoms with Crippen molar-refractivity contribution in [1.29, 1.82) is 0 Å². The van der Waals surface area contributed by atoms with Gasteiger partial charge in [-0.3, -0.25) is 0 Å². The highest BCUT2D eigenvalue weighted by Gasteiger charge is 1.97. The highest BCUT2D eigenvalue weighted by molar-refractivity contribution is 8.92. The number of rotatable bonds is 0. The van der Waals surface area contributed by atoms with E-state index in [0.29, 0.717) is 0 Å². The van der Waals surface area contributed by atoms with Gasteiger partial charge in [-0.05, 0) is 0 Å². The van der Waals surface area contributed by atoms with Crippen LogP contribution >= 0.6 is 21.6 Å². The molecule has 1 rings (SSSR count). The summed E-state index contributed by atoms with van der Waals surface area (Å²) in [6, 6.07) is 0. The van der Waals surface area contributed by atoms with Crippen LogP contribution in [0.4, 0.5) is 0 Å². The molecule has 0 aromatic carbocycles. The molecule has 1 aliphatic rings. The van der Waals surface area contributed by atoms with Gasteiger partial charge in [-0.25, -0.2) is 0 Å². The van der Waals surface area contributed by atoms with E-state index in [4.69, 9.17) is 0 Å². The van der Waals surface area contributed by atoms with Crippen molar-refractivity contribution in [1.82, 2.24) is 0 Å². The van der Waals surface area contributed by atoms with Crippen molar-refractivity contribution in [3.05, 3.63) is 0 Å². The third-order valence-corrected chi connectivity index (χ3v) is 1.06. The van der Waals surface area contributed by atoms with Gasteiger partial charge in [-0.15, -0.1) is 0 Å². The summed E-state index contributed by atoms with van der Waals surface area (Å²) in [7, 11) is 3.83. The highest BCUT2D eigenvalue weighted by Crippen LogP contribution is 2.41. The van der Waals surface area contributed by atoms with Crippen LogP contribution < -0.4 is 0 Å². The van der Waals surface area contributed by atoms with Gasteiger partial charge >= 0.3 is 0 Å². The predicted molar refractivity (Wildman–Crippen MR) is 26.8 cm³/mol. The molecule has 0 atom stereocenters. The molecule has 4 heavy (non-hydrogen) atoms. The van der Waals surface area contributed by atoms with E-state index in [-0.39, 0.29) is 7.43 Å². The van der Waals surface area contributed by atoms with Crippen molar-refractivity contribution < 1.29 is 0 Å². The largest absolute Gasteiger partial charge is 0.0814 e. The molecule has 0 aromatic heterocycles. The molecule has 0 N–H and O–H groups in total. The monoisotopic (exact) mass is 94.0 g/mol. The van der Waals surface area contributed by atoms with Crippen molar-refractivity contribution in [2.24, 2.45) is 0 Å². The van der Waals surface area contributed by atoms with Gasteiger partial charge in [0.05, 0.1) is 5.08 Å². The van der Waals surface area contributed by atoms with Crippen molar-refractivity contribution in [2.75, 3.05) is 5.08 Å². The van der Waals surface area contributed by atoms with Gasteiger partial charge in [-0.2, -0.15) is 0 Å². The first-order valence-corrected chi connectivity index (χ1v) is 3.23. The molecule has 0 unspecified atom stereocenters. The second-order valence-electron chi connectivity index (χ2n) is 0.354. The number of hydrogen-bond donors (Lipinski definition) is 0. The van der Waals surface area contributed by atoms with E-state index >= 15 is 0 Å². The van der Waals surface area contributed by atoms with E-state index in [1.165, 1.54) is 5.08 Å². The Kier molecular flexibility index (Phi) is 2.32. The van der Waals surface area contributed by atoms with Crippen LogP contribution in [0.2, 0.25) is 0 Å². The van der Waals surface area contributed by atoms with Gasteiger partial charge in [0.15, 0.2) is 0 Å². The van der Waals surface area contributed by atoms with Gasteiger partial charge in [0.1, 0.15) is 0 Å². The lowest BCUT2D eigenvalue weighted by Crippen LogP contribution is -0.968. The Morgan fingerprint density at radius 2 is 1.50 bits per heavy atom. The van der Waals surface area contributed by atoms with E-state index in [1.54, 1.807) is 0 Å². The molecule has 0 radical (unpaired) electrons. The van der Waals surface area contributed by atoms with Gasteiger partial charge in [0.25, 0.3) is 0 Å². The summed E-state index contributed by atoms with van der Waals surface area (Å²) in [6.45, 7) is 0. The summed E-state index contributed by atoms with van der Waals surface area (Å²) >= 11 is 0. The maximum atomic E-state index is 1.92. The molecule has 0 bridgehead atoms. The molecular formula is C2H6S2. The zero-order valence-corrected chi connectivity index (χ0v) is 3.16. The molecule has 0 aromatic rings. The highest BCUT2D eigenvalue weighted by atomic mass is 33.2. The molecule has 0 saturated carbocycles. The first kappa shape index (κ1) is 4.70. The lowest BCUT2D eigenvalue weighted by atomic mass is 11.9. The summed E-state index contributed by atoms with van der Waals surface area (Å²) in [4.78, 5) is 0. The minimum Gasteiger partial charge on any atom is -0.0814 e. The molecule has 0 aliphatic carbocycles. The van der Waals surface area contributed by atoms with Gasteiger partial charge < -0.3 is 0 Å². The fourth-order valence-electron chi connectivity index (χ4n) is 0. The van der Waals surface area contributed by atoms with Crippen LogP contribution in [-0.4, -0.2) is 5.08 Å². The first-order valence-electron chi connectivity index (χ1n) is 0.744. The molecular weight excluding hydrogens is 88.2 g/mol. The minimum atomic E-state index is 0. The zero-order valence-electron chi connectivity index (χ0n) is 1.52. The fourth-order valence-corrected chi connectivity index (χ4v) is 0. The molecule has 1 aliphatic heterocycles. The molecule has 1 heterocycles. The Morgan fingerprint density at radius 3 is 1.50 bits per heavy atom. The van der Waals surface area contributed by atoms with Crippen LogP contribution in [0.25, 0.3) is 0 Å². The molecule has 1 fully saturated rings. The van der Waals surface area contributed by atoms with Crippen molar-refractivity contribution in [3.63, 3.8) is 0 Å². The van der Waals surface area contributed by atoms with Gasteiger partial charge in [0, 0.05) is 0 Å². The first-order chi connectivity index (χ1) is 1.50. The van der Waals surface area contributed by atoms with Crippen LogP contribution in [0.1, 0.15) is 7.43 Å². The molecule has 1 saturated heterocycles. The zero-order chi connectivity index (χ0) is 2.12. The average molecular weight is 94.2 g/mol. The maximum absolute atomic E-state index is 1.92. The topological polar surface area (TPSA) is 0 Å². The van der Waals surface area contributed by atoms with Crippen molar-refractivity contribution >= 4 is 21.6 Å². The van der Waals surface area contributed by atoms with Gasteiger partial charge in [0.2, 0.25) is 0 Å². The molecule has 0 nitrogen and oxygen atoms in total. The minimum absolute atomic E-state index is 0. The second kappa shape index (κ2) is 1.97. The SMILES string of the molecule is C.C1SS1. The quantitative estimate of drug-likeness (QED) is 0.332. The van der Waals surface area contributed by atoms with E-state index in [0.717, 1.165) is 0 Å².